The fourth-order valence-corrected chi connectivity index (χ4v) is 3.63. The number of unbranched alkanes of at least 4 members (excludes halogenated alkanes) is 1. The first-order valence-electron chi connectivity index (χ1n) is 11.8. The standard InChI is InChI=1S/C27H40ClFN4/c1-22(2)11-16-32-18-14-25-10-9-24(19-27(25)29)8-6-5-7-23(12-15-30-3)13-17-33-21-26(28)20-31-4/h9-10,18-21,23,30H,1,4-8,11-17H2,2-3H3/b26-20+,32-18?,33-21?. The third-order valence-corrected chi connectivity index (χ3v) is 5.65. The molecular formula is C27H40ClFN4. The van der Waals surface area contributed by atoms with Gasteiger partial charge in [-0.3, -0.25) is 15.0 Å². The van der Waals surface area contributed by atoms with Crippen molar-refractivity contribution >= 4 is 30.7 Å². The summed E-state index contributed by atoms with van der Waals surface area (Å²) in [4.78, 5) is 12.3. The zero-order valence-corrected chi connectivity index (χ0v) is 21.1. The Morgan fingerprint density at radius 3 is 2.70 bits per heavy atom. The molecular weight excluding hydrogens is 435 g/mol. The van der Waals surface area contributed by atoms with Crippen LogP contribution in [0.25, 0.3) is 0 Å². The average molecular weight is 475 g/mol. The van der Waals surface area contributed by atoms with Crippen LogP contribution in [0, 0.1) is 11.7 Å². The minimum atomic E-state index is -0.136. The van der Waals surface area contributed by atoms with Crippen LogP contribution in [0.5, 0.6) is 0 Å². The number of allylic oxidation sites excluding steroid dienone is 1. The summed E-state index contributed by atoms with van der Waals surface area (Å²) in [7, 11) is 1.98. The number of hydrogen-bond donors (Lipinski definition) is 1. The van der Waals surface area contributed by atoms with Crippen molar-refractivity contribution < 1.29 is 4.39 Å². The molecule has 1 rings (SSSR count). The molecule has 0 aliphatic rings. The lowest BCUT2D eigenvalue weighted by Crippen LogP contribution is -2.14. The highest BCUT2D eigenvalue weighted by molar-refractivity contribution is 6.39. The van der Waals surface area contributed by atoms with Crippen molar-refractivity contribution in [2.24, 2.45) is 20.9 Å². The zero-order valence-electron chi connectivity index (χ0n) is 20.3. The molecule has 0 bridgehead atoms. The Hall–Kier alpha value is -2.11. The monoisotopic (exact) mass is 474 g/mol. The van der Waals surface area contributed by atoms with Gasteiger partial charge < -0.3 is 5.32 Å². The van der Waals surface area contributed by atoms with Gasteiger partial charge in [0.25, 0.3) is 0 Å². The van der Waals surface area contributed by atoms with E-state index < -0.39 is 0 Å². The second kappa shape index (κ2) is 18.3. The number of nitrogens with zero attached hydrogens (tertiary/aromatic N) is 3. The first kappa shape index (κ1) is 28.9. The van der Waals surface area contributed by atoms with Gasteiger partial charge in [-0.05, 0) is 82.4 Å². The van der Waals surface area contributed by atoms with Gasteiger partial charge in [0.05, 0.1) is 5.03 Å². The maximum Gasteiger partial charge on any atom is 0.127 e. The molecule has 1 aromatic rings. The molecule has 1 aromatic carbocycles. The molecule has 0 aliphatic heterocycles. The summed E-state index contributed by atoms with van der Waals surface area (Å²) in [6.07, 6.45) is 12.7. The minimum Gasteiger partial charge on any atom is -0.320 e. The number of rotatable bonds is 18. The highest BCUT2D eigenvalue weighted by atomic mass is 35.5. The van der Waals surface area contributed by atoms with Crippen LogP contribution in [-0.2, 0) is 12.8 Å². The molecule has 0 spiro atoms. The second-order valence-electron chi connectivity index (χ2n) is 8.45. The Labute approximate surface area is 204 Å². The van der Waals surface area contributed by atoms with Gasteiger partial charge >= 0.3 is 0 Å². The van der Waals surface area contributed by atoms with Crippen molar-refractivity contribution in [3.05, 3.63) is 58.5 Å². The van der Waals surface area contributed by atoms with Gasteiger partial charge in [-0.1, -0.05) is 42.1 Å². The van der Waals surface area contributed by atoms with Crippen molar-refractivity contribution in [2.75, 3.05) is 26.7 Å². The summed E-state index contributed by atoms with van der Waals surface area (Å²) in [6.45, 7) is 11.7. The Morgan fingerprint density at radius 2 is 2.00 bits per heavy atom. The number of benzene rings is 1. The summed E-state index contributed by atoms with van der Waals surface area (Å²) >= 11 is 5.94. The number of halogens is 2. The third kappa shape index (κ3) is 14.6. The van der Waals surface area contributed by atoms with E-state index in [0.717, 1.165) is 69.2 Å². The summed E-state index contributed by atoms with van der Waals surface area (Å²) in [5, 5.41) is 3.73. The van der Waals surface area contributed by atoms with E-state index in [1.165, 1.54) is 6.20 Å². The normalized spacial score (nSPS) is 13.2. The second-order valence-corrected chi connectivity index (χ2v) is 8.89. The molecule has 1 N–H and O–H groups in total. The van der Waals surface area contributed by atoms with Crippen LogP contribution in [0.3, 0.4) is 0 Å². The predicted molar refractivity (Wildman–Crippen MR) is 144 cm³/mol. The first-order chi connectivity index (χ1) is 16.0. The van der Waals surface area contributed by atoms with Crippen LogP contribution in [0.1, 0.15) is 56.6 Å². The van der Waals surface area contributed by atoms with E-state index >= 15 is 0 Å². The lowest BCUT2D eigenvalue weighted by Gasteiger charge is -2.15. The van der Waals surface area contributed by atoms with Crippen molar-refractivity contribution in [3.63, 3.8) is 0 Å². The summed E-state index contributed by atoms with van der Waals surface area (Å²) in [5.41, 5.74) is 2.87. The molecule has 6 heteroatoms. The van der Waals surface area contributed by atoms with E-state index in [1.807, 2.05) is 26.1 Å². The molecule has 0 aliphatic carbocycles. The van der Waals surface area contributed by atoms with Crippen molar-refractivity contribution in [1.82, 2.24) is 5.32 Å². The van der Waals surface area contributed by atoms with Crippen LogP contribution in [-0.4, -0.2) is 45.8 Å². The summed E-state index contributed by atoms with van der Waals surface area (Å²) in [6, 6.07) is 5.62. The quantitative estimate of drug-likeness (QED) is 0.146. The maximum atomic E-state index is 14.4. The predicted octanol–water partition coefficient (Wildman–Crippen LogP) is 6.59. The molecule has 0 saturated heterocycles. The Kier molecular flexibility index (Phi) is 16.1. The largest absolute Gasteiger partial charge is 0.320 e. The van der Waals surface area contributed by atoms with E-state index in [9.17, 15) is 4.39 Å². The molecule has 0 saturated carbocycles. The van der Waals surface area contributed by atoms with Gasteiger partial charge in [-0.15, -0.1) is 6.58 Å². The van der Waals surface area contributed by atoms with Gasteiger partial charge in [-0.25, -0.2) is 4.39 Å². The Morgan fingerprint density at radius 1 is 1.18 bits per heavy atom. The summed E-state index contributed by atoms with van der Waals surface area (Å²) in [5.74, 6) is 0.473. The van der Waals surface area contributed by atoms with Crippen LogP contribution in [0.15, 0.2) is 56.6 Å². The van der Waals surface area contributed by atoms with Crippen molar-refractivity contribution in [2.45, 2.75) is 58.3 Å². The van der Waals surface area contributed by atoms with Crippen LogP contribution in [0.4, 0.5) is 4.39 Å². The average Bonchev–Trinajstić information content (AvgIpc) is 2.78. The molecule has 0 heterocycles. The fourth-order valence-electron chi connectivity index (χ4n) is 3.49. The third-order valence-electron chi connectivity index (χ3n) is 5.45. The molecule has 0 fully saturated rings. The number of nitrogens with one attached hydrogen (secondary N) is 1. The first-order valence-corrected chi connectivity index (χ1v) is 12.2. The zero-order chi connectivity index (χ0) is 24.3. The molecule has 182 valence electrons. The molecule has 4 nitrogen and oxygen atoms in total. The number of aliphatic imine (C=N–C) groups is 3. The van der Waals surface area contributed by atoms with Crippen LogP contribution >= 0.6 is 11.6 Å². The van der Waals surface area contributed by atoms with E-state index in [0.29, 0.717) is 29.5 Å². The highest BCUT2D eigenvalue weighted by Crippen LogP contribution is 2.19. The molecule has 1 atom stereocenters. The topological polar surface area (TPSA) is 49.1 Å². The van der Waals surface area contributed by atoms with E-state index in [1.54, 1.807) is 18.5 Å². The molecule has 0 radical (unpaired) electrons. The highest BCUT2D eigenvalue weighted by Gasteiger charge is 2.09. The molecule has 0 amide bonds. The SMILES string of the molecule is C=N/C=C(/Cl)C=NCCC(CCCCc1ccc(CC=NCCC(=C)C)c(F)c1)CCNC. The lowest BCUT2D eigenvalue weighted by molar-refractivity contribution is 0.403. The number of aryl methyl sites for hydroxylation is 1. The fraction of sp³-hybridized carbons (Fsp3) is 0.519. The van der Waals surface area contributed by atoms with E-state index in [4.69, 9.17) is 11.6 Å². The molecule has 33 heavy (non-hydrogen) atoms. The van der Waals surface area contributed by atoms with Crippen LogP contribution < -0.4 is 5.32 Å². The minimum absolute atomic E-state index is 0.136. The van der Waals surface area contributed by atoms with Gasteiger partial charge in [0.1, 0.15) is 5.82 Å². The smallest absolute Gasteiger partial charge is 0.127 e. The maximum absolute atomic E-state index is 14.4. The molecule has 0 aromatic heterocycles. The Balaban J connectivity index is 2.41. The van der Waals surface area contributed by atoms with Crippen molar-refractivity contribution in [3.8, 4) is 0 Å². The van der Waals surface area contributed by atoms with Gasteiger partial charge in [0.15, 0.2) is 0 Å². The van der Waals surface area contributed by atoms with Gasteiger partial charge in [0.2, 0.25) is 0 Å². The summed E-state index contributed by atoms with van der Waals surface area (Å²) < 4.78 is 14.4. The number of hydrogen-bond acceptors (Lipinski definition) is 4. The van der Waals surface area contributed by atoms with E-state index in [2.05, 4.69) is 33.6 Å². The molecule has 1 unspecified atom stereocenters. The van der Waals surface area contributed by atoms with Crippen molar-refractivity contribution in [1.29, 1.82) is 0 Å². The van der Waals surface area contributed by atoms with Gasteiger partial charge in [0, 0.05) is 38.1 Å². The van der Waals surface area contributed by atoms with Crippen LogP contribution in [0.2, 0.25) is 0 Å². The lowest BCUT2D eigenvalue weighted by atomic mass is 9.93. The Bertz CT molecular complexity index is 801. The van der Waals surface area contributed by atoms with Gasteiger partial charge in [-0.2, -0.15) is 0 Å². The van der Waals surface area contributed by atoms with E-state index in [-0.39, 0.29) is 5.82 Å².